The van der Waals surface area contributed by atoms with Gasteiger partial charge in [-0.1, -0.05) is 0 Å². The maximum absolute atomic E-state index is 8.89. The minimum atomic E-state index is -1.08. The van der Waals surface area contributed by atoms with Gasteiger partial charge in [-0.25, -0.2) is 0 Å². The molecule has 0 aromatic rings. The number of carbonyl (C=O) groups is 1. The second-order valence-corrected chi connectivity index (χ2v) is 0.492. The van der Waals surface area contributed by atoms with Gasteiger partial charge in [-0.3, -0.25) is 0 Å². The van der Waals surface area contributed by atoms with Crippen molar-refractivity contribution in [2.75, 3.05) is 0 Å². The van der Waals surface area contributed by atoms with Crippen molar-refractivity contribution in [1.82, 2.24) is 0 Å². The zero-order chi connectivity index (χ0) is 3.58. The molecule has 0 aliphatic heterocycles. The molecule has 0 fully saturated rings. The first-order valence-electron chi connectivity index (χ1n) is 0.908. The van der Waals surface area contributed by atoms with Gasteiger partial charge in [0, 0.05) is 5.97 Å². The Balaban J connectivity index is -0.00000000300. The van der Waals surface area contributed by atoms with Crippen molar-refractivity contribution in [2.24, 2.45) is 0 Å². The van der Waals surface area contributed by atoms with Gasteiger partial charge < -0.3 is 37.3 Å². The molecule has 10 N–H and O–H groups in total. The van der Waals surface area contributed by atoms with Gasteiger partial charge in [0.2, 0.25) is 0 Å². The van der Waals surface area contributed by atoms with Gasteiger partial charge in [0.25, 0.3) is 0 Å². The molecule has 0 spiro atoms. The molecule has 0 saturated carbocycles. The van der Waals surface area contributed by atoms with E-state index < -0.39 is 5.97 Å². The molecule has 0 unspecified atom stereocenters. The number of aliphatic carboxylic acids is 1. The quantitative estimate of drug-likeness (QED) is 0.327. The van der Waals surface area contributed by atoms with E-state index in [0.717, 1.165) is 6.92 Å². The molecule has 0 aromatic heterocycles. The molecule has 0 saturated heterocycles. The number of hydrogen-bond donors (Lipinski definition) is 0. The van der Waals surface area contributed by atoms with Gasteiger partial charge in [-0.05, 0) is 6.92 Å². The summed E-state index contributed by atoms with van der Waals surface area (Å²) < 4.78 is 0. The Morgan fingerprint density at radius 2 is 1.00 bits per heavy atom. The van der Waals surface area contributed by atoms with Crippen molar-refractivity contribution < 1.29 is 66.8 Å². The summed E-state index contributed by atoms with van der Waals surface area (Å²) >= 11 is 0. The molecular weight excluding hydrogens is 159 g/mol. The summed E-state index contributed by atoms with van der Waals surface area (Å²) in [5.41, 5.74) is 0. The summed E-state index contributed by atoms with van der Waals surface area (Å²) in [5.74, 6) is -1.08. The van der Waals surface area contributed by atoms with Crippen LogP contribution in [0, 0.1) is 0 Å². The van der Waals surface area contributed by atoms with Crippen LogP contribution in [0.5, 0.6) is 0 Å². The van der Waals surface area contributed by atoms with Crippen LogP contribution in [0.1, 0.15) is 6.92 Å². The van der Waals surface area contributed by atoms with Gasteiger partial charge in [-0.15, -0.1) is 0 Å². The fraction of sp³-hybridized carbons (Fsp3) is 0.500. The normalized spacial score (nSPS) is 2.50. The fourth-order valence-corrected chi connectivity index (χ4v) is 0. The average molecular weight is 172 g/mol. The van der Waals surface area contributed by atoms with E-state index in [1.165, 1.54) is 0 Å². The van der Waals surface area contributed by atoms with Crippen molar-refractivity contribution in [1.29, 1.82) is 0 Å². The van der Waals surface area contributed by atoms with Gasteiger partial charge >= 0.3 is 29.6 Å². The third-order valence-corrected chi connectivity index (χ3v) is 0. The van der Waals surface area contributed by atoms with Crippen LogP contribution in [0.2, 0.25) is 0 Å². The maximum Gasteiger partial charge on any atom is 1.00 e. The Bertz CT molecular complexity index is 34.6. The molecule has 8 heteroatoms. The van der Waals surface area contributed by atoms with E-state index in [2.05, 4.69) is 0 Å². The fourth-order valence-electron chi connectivity index (χ4n) is 0. The van der Waals surface area contributed by atoms with Gasteiger partial charge in [0.1, 0.15) is 0 Å². The molecule has 0 heterocycles. The van der Waals surface area contributed by atoms with Crippen LogP contribution >= 0.6 is 0 Å². The molecule has 0 aliphatic carbocycles. The Hall–Kier alpha value is 0.270. The molecule has 0 amide bonds. The van der Waals surface area contributed by atoms with Gasteiger partial charge in [0.15, 0.2) is 0 Å². The van der Waals surface area contributed by atoms with E-state index in [1.807, 2.05) is 0 Å². The molecule has 0 atom stereocenters. The minimum absolute atomic E-state index is 0. The second kappa shape index (κ2) is 59.3. The molecule has 10 heavy (non-hydrogen) atoms. The smallest absolute Gasteiger partial charge is 0.550 e. The van der Waals surface area contributed by atoms with Crippen LogP contribution < -0.4 is 34.7 Å². The molecule has 0 bridgehead atoms. The van der Waals surface area contributed by atoms with E-state index in [1.54, 1.807) is 0 Å². The van der Waals surface area contributed by atoms with Crippen molar-refractivity contribution in [3.63, 3.8) is 0 Å². The first-order chi connectivity index (χ1) is 1.73. The van der Waals surface area contributed by atoms with Crippen molar-refractivity contribution >= 4 is 5.97 Å². The Morgan fingerprint density at radius 3 is 1.00 bits per heavy atom. The van der Waals surface area contributed by atoms with E-state index in [4.69, 9.17) is 9.90 Å². The second-order valence-electron chi connectivity index (χ2n) is 0.492. The third-order valence-electron chi connectivity index (χ3n) is 0. The molecule has 0 rings (SSSR count). The number of carboxylic acids is 1. The number of carboxylic acid groups (broad SMARTS) is 1. The first kappa shape index (κ1) is 82.5. The summed E-state index contributed by atoms with van der Waals surface area (Å²) in [4.78, 5) is 8.89. The number of hydrogen-bond acceptors (Lipinski definition) is 2. The molecular formula is C2H13NaO7. The number of carbonyl (C=O) groups excluding carboxylic acids is 1. The Labute approximate surface area is 79.9 Å². The van der Waals surface area contributed by atoms with Crippen LogP contribution in [-0.2, 0) is 4.79 Å². The third kappa shape index (κ3) is 6000. The van der Waals surface area contributed by atoms with Crippen LogP contribution in [0.3, 0.4) is 0 Å². The molecule has 0 aromatic carbocycles. The average Bonchev–Trinajstić information content (AvgIpc) is 0.811. The van der Waals surface area contributed by atoms with Gasteiger partial charge in [0.05, 0.1) is 0 Å². The zero-order valence-electron chi connectivity index (χ0n) is 5.82. The predicted molar refractivity (Wildman–Crippen MR) is 28.8 cm³/mol. The number of rotatable bonds is 0. The van der Waals surface area contributed by atoms with E-state index >= 15 is 0 Å². The summed E-state index contributed by atoms with van der Waals surface area (Å²) in [6.45, 7) is 0.972. The summed E-state index contributed by atoms with van der Waals surface area (Å²) in [6.07, 6.45) is 0. The van der Waals surface area contributed by atoms with Crippen molar-refractivity contribution in [3.8, 4) is 0 Å². The largest absolute Gasteiger partial charge is 1.00 e. The SMILES string of the molecule is CC(=O)[O-].O.O.O.O.O.[Na+]. The maximum atomic E-state index is 8.89. The van der Waals surface area contributed by atoms with E-state index in [9.17, 15) is 0 Å². The van der Waals surface area contributed by atoms with E-state index in [-0.39, 0.29) is 56.9 Å². The molecule has 0 aliphatic rings. The molecule has 7 nitrogen and oxygen atoms in total. The van der Waals surface area contributed by atoms with Crippen molar-refractivity contribution in [2.45, 2.75) is 6.92 Å². The van der Waals surface area contributed by atoms with Crippen LogP contribution in [-0.4, -0.2) is 33.4 Å². The molecule has 64 valence electrons. The monoisotopic (exact) mass is 172 g/mol. The summed E-state index contributed by atoms with van der Waals surface area (Å²) in [7, 11) is 0. The summed E-state index contributed by atoms with van der Waals surface area (Å²) in [5, 5.41) is 8.89. The van der Waals surface area contributed by atoms with E-state index in [0.29, 0.717) is 0 Å². The van der Waals surface area contributed by atoms with Crippen molar-refractivity contribution in [3.05, 3.63) is 0 Å². The summed E-state index contributed by atoms with van der Waals surface area (Å²) in [6, 6.07) is 0. The molecule has 0 radical (unpaired) electrons. The Kier molecular flexibility index (Phi) is 489. The Morgan fingerprint density at radius 1 is 1.00 bits per heavy atom. The minimum Gasteiger partial charge on any atom is -0.550 e. The topological polar surface area (TPSA) is 198 Å². The standard InChI is InChI=1S/C2H4O2.Na.5H2O/c1-2(3)4;;;;;;/h1H3,(H,3,4);;5*1H2/q;+1;;;;;/p-1. The predicted octanol–water partition coefficient (Wildman–Crippen LogP) is -8.36. The van der Waals surface area contributed by atoms with Crippen LogP contribution in [0.15, 0.2) is 0 Å². The first-order valence-corrected chi connectivity index (χ1v) is 0.908. The zero-order valence-corrected chi connectivity index (χ0v) is 7.82. The van der Waals surface area contributed by atoms with Crippen LogP contribution in [0.25, 0.3) is 0 Å². The van der Waals surface area contributed by atoms with Gasteiger partial charge in [-0.2, -0.15) is 0 Å². The van der Waals surface area contributed by atoms with Crippen LogP contribution in [0.4, 0.5) is 0 Å².